The smallest absolute Gasteiger partial charge is 0.404 e. The van der Waals surface area contributed by atoms with Crippen molar-refractivity contribution in [3.8, 4) is 0 Å². The van der Waals surface area contributed by atoms with Crippen molar-refractivity contribution in [1.82, 2.24) is 10.2 Å². The van der Waals surface area contributed by atoms with E-state index in [1.807, 2.05) is 0 Å². The van der Waals surface area contributed by atoms with Crippen molar-refractivity contribution in [2.45, 2.75) is 62.5 Å². The fourth-order valence-electron chi connectivity index (χ4n) is 5.22. The van der Waals surface area contributed by atoms with E-state index < -0.39 is 11.7 Å². The summed E-state index contributed by atoms with van der Waals surface area (Å²) in [7, 11) is 0. The lowest BCUT2D eigenvalue weighted by molar-refractivity contribution is -0.0325. The van der Waals surface area contributed by atoms with Crippen LogP contribution in [0, 0.1) is 0 Å². The van der Waals surface area contributed by atoms with E-state index in [4.69, 9.17) is 5.11 Å². The second-order valence-corrected chi connectivity index (χ2v) is 8.85. The van der Waals surface area contributed by atoms with Gasteiger partial charge in [0.25, 0.3) is 0 Å². The molecule has 0 bridgehead atoms. The maximum atomic E-state index is 11.6. The van der Waals surface area contributed by atoms with Gasteiger partial charge in [0.05, 0.1) is 5.60 Å². The Bertz CT molecular complexity index is 839. The van der Waals surface area contributed by atoms with E-state index in [9.17, 15) is 9.90 Å². The van der Waals surface area contributed by atoms with E-state index in [2.05, 4.69) is 52.7 Å². The largest absolute Gasteiger partial charge is 0.465 e. The molecule has 1 heterocycles. The number of carbonyl (C=O) groups is 1. The molecule has 5 heteroatoms. The number of amides is 1. The highest BCUT2D eigenvalue weighted by Gasteiger charge is 2.40. The lowest BCUT2D eigenvalue weighted by atomic mass is 9.72. The van der Waals surface area contributed by atoms with Crippen LogP contribution in [0.1, 0.15) is 56.4 Å². The van der Waals surface area contributed by atoms with Crippen LogP contribution < -0.4 is 5.32 Å². The van der Waals surface area contributed by atoms with Gasteiger partial charge >= 0.3 is 6.09 Å². The first-order valence-electron chi connectivity index (χ1n) is 11.0. The van der Waals surface area contributed by atoms with Gasteiger partial charge in [-0.1, -0.05) is 61.7 Å². The van der Waals surface area contributed by atoms with Gasteiger partial charge in [0.1, 0.15) is 0 Å². The van der Waals surface area contributed by atoms with Crippen LogP contribution in [0.15, 0.2) is 42.5 Å². The number of rotatable bonds is 5. The molecule has 1 aliphatic heterocycles. The predicted octanol–water partition coefficient (Wildman–Crippen LogP) is 4.35. The summed E-state index contributed by atoms with van der Waals surface area (Å²) in [6, 6.07) is 15.1. The van der Waals surface area contributed by atoms with E-state index >= 15 is 0 Å². The zero-order valence-electron chi connectivity index (χ0n) is 17.0. The highest BCUT2D eigenvalue weighted by molar-refractivity contribution is 5.83. The van der Waals surface area contributed by atoms with Gasteiger partial charge in [-0.3, -0.25) is 0 Å². The number of nitrogens with zero attached hydrogens (tertiary/aromatic N) is 1. The first-order valence-corrected chi connectivity index (χ1v) is 11.0. The summed E-state index contributed by atoms with van der Waals surface area (Å²) in [6.07, 6.45) is 5.83. The summed E-state index contributed by atoms with van der Waals surface area (Å²) in [4.78, 5) is 13.3. The standard InChI is InChI=1S/C24H32N2O3/c27-23(28)25-21-10-14-26(15-11-21)17-22(24(29)12-4-1-5-13-24)20-9-8-18-6-2-3-7-19(18)16-20/h2-3,6-9,16,21-22,25,29H,1,4-5,10-15,17H2,(H,27,28). The Morgan fingerprint density at radius 3 is 2.45 bits per heavy atom. The highest BCUT2D eigenvalue weighted by Crippen LogP contribution is 2.41. The molecule has 0 spiro atoms. The van der Waals surface area contributed by atoms with Crippen molar-refractivity contribution in [2.75, 3.05) is 19.6 Å². The molecule has 1 saturated heterocycles. The summed E-state index contributed by atoms with van der Waals surface area (Å²) >= 11 is 0. The number of hydrogen-bond donors (Lipinski definition) is 3. The van der Waals surface area contributed by atoms with Crippen LogP contribution in [0.25, 0.3) is 10.8 Å². The molecule has 2 fully saturated rings. The summed E-state index contributed by atoms with van der Waals surface area (Å²) < 4.78 is 0. The monoisotopic (exact) mass is 396 g/mol. The van der Waals surface area contributed by atoms with E-state index in [1.54, 1.807) is 0 Å². The van der Waals surface area contributed by atoms with Gasteiger partial charge in [-0.05, 0) is 42.0 Å². The third-order valence-corrected chi connectivity index (χ3v) is 6.90. The fraction of sp³-hybridized carbons (Fsp3) is 0.542. The first kappa shape index (κ1) is 20.2. The van der Waals surface area contributed by atoms with Crippen LogP contribution in [0.5, 0.6) is 0 Å². The van der Waals surface area contributed by atoms with Gasteiger partial charge in [0.2, 0.25) is 0 Å². The average Bonchev–Trinajstić information content (AvgIpc) is 2.73. The van der Waals surface area contributed by atoms with Crippen molar-refractivity contribution in [2.24, 2.45) is 0 Å². The maximum absolute atomic E-state index is 11.6. The van der Waals surface area contributed by atoms with Crippen molar-refractivity contribution in [3.63, 3.8) is 0 Å². The number of piperidine rings is 1. The van der Waals surface area contributed by atoms with Gasteiger partial charge in [0, 0.05) is 31.6 Å². The van der Waals surface area contributed by atoms with Crippen molar-refractivity contribution in [3.05, 3.63) is 48.0 Å². The Morgan fingerprint density at radius 2 is 1.76 bits per heavy atom. The molecule has 29 heavy (non-hydrogen) atoms. The minimum atomic E-state index is -0.936. The molecule has 3 N–H and O–H groups in total. The highest BCUT2D eigenvalue weighted by atomic mass is 16.4. The first-order chi connectivity index (χ1) is 14.0. The zero-order chi connectivity index (χ0) is 20.3. The van der Waals surface area contributed by atoms with Crippen molar-refractivity contribution >= 4 is 16.9 Å². The third-order valence-electron chi connectivity index (χ3n) is 6.90. The van der Waals surface area contributed by atoms with Crippen LogP contribution in [-0.2, 0) is 0 Å². The van der Waals surface area contributed by atoms with Crippen molar-refractivity contribution < 1.29 is 15.0 Å². The van der Waals surface area contributed by atoms with E-state index in [1.165, 1.54) is 22.8 Å². The molecule has 2 aromatic rings. The summed E-state index contributed by atoms with van der Waals surface area (Å²) in [6.45, 7) is 2.56. The van der Waals surface area contributed by atoms with Crippen LogP contribution in [-0.4, -0.2) is 52.5 Å². The number of benzene rings is 2. The second kappa shape index (κ2) is 8.72. The zero-order valence-corrected chi connectivity index (χ0v) is 17.0. The Balaban J connectivity index is 1.55. The number of carboxylic acid groups (broad SMARTS) is 1. The van der Waals surface area contributed by atoms with Gasteiger partial charge in [0.15, 0.2) is 0 Å². The van der Waals surface area contributed by atoms with E-state index in [0.717, 1.165) is 58.2 Å². The number of hydrogen-bond acceptors (Lipinski definition) is 3. The summed E-state index contributed by atoms with van der Waals surface area (Å²) in [5, 5.41) is 25.7. The van der Waals surface area contributed by atoms with Crippen LogP contribution in [0.2, 0.25) is 0 Å². The average molecular weight is 397 g/mol. The minimum absolute atomic E-state index is 0.0423. The Morgan fingerprint density at radius 1 is 1.07 bits per heavy atom. The third kappa shape index (κ3) is 4.73. The molecule has 0 radical (unpaired) electrons. The SMILES string of the molecule is O=C(O)NC1CCN(CC(c2ccc3ccccc3c2)C2(O)CCCCC2)CC1. The number of nitrogens with one attached hydrogen (secondary N) is 1. The predicted molar refractivity (Wildman–Crippen MR) is 115 cm³/mol. The number of likely N-dealkylation sites (tertiary alicyclic amines) is 1. The number of fused-ring (bicyclic) bond motifs is 1. The molecule has 1 amide bonds. The van der Waals surface area contributed by atoms with Gasteiger partial charge in [-0.15, -0.1) is 0 Å². The van der Waals surface area contributed by atoms with Crippen LogP contribution in [0.4, 0.5) is 4.79 Å². The molecule has 4 rings (SSSR count). The fourth-order valence-corrected chi connectivity index (χ4v) is 5.22. The molecule has 5 nitrogen and oxygen atoms in total. The normalized spacial score (nSPS) is 21.7. The molecule has 1 saturated carbocycles. The Labute approximate surface area is 172 Å². The molecular formula is C24H32N2O3. The van der Waals surface area contributed by atoms with E-state index in [-0.39, 0.29) is 12.0 Å². The molecule has 1 unspecified atom stereocenters. The molecule has 0 aromatic heterocycles. The molecule has 1 atom stereocenters. The molecule has 2 aliphatic rings. The lowest BCUT2D eigenvalue weighted by Gasteiger charge is -2.43. The van der Waals surface area contributed by atoms with Gasteiger partial charge in [-0.2, -0.15) is 0 Å². The minimum Gasteiger partial charge on any atom is -0.465 e. The van der Waals surface area contributed by atoms with Gasteiger partial charge in [-0.25, -0.2) is 4.79 Å². The summed E-state index contributed by atoms with van der Waals surface area (Å²) in [5.74, 6) is 0.0800. The molecule has 2 aromatic carbocycles. The van der Waals surface area contributed by atoms with Crippen LogP contribution in [0.3, 0.4) is 0 Å². The quantitative estimate of drug-likeness (QED) is 0.702. The van der Waals surface area contributed by atoms with E-state index in [0.29, 0.717) is 0 Å². The topological polar surface area (TPSA) is 72.8 Å². The van der Waals surface area contributed by atoms with Crippen molar-refractivity contribution in [1.29, 1.82) is 0 Å². The molecule has 1 aliphatic carbocycles. The number of aliphatic hydroxyl groups is 1. The Kier molecular flexibility index (Phi) is 6.07. The van der Waals surface area contributed by atoms with Crippen LogP contribution >= 0.6 is 0 Å². The Hall–Kier alpha value is -2.11. The lowest BCUT2D eigenvalue weighted by Crippen LogP contribution is -2.49. The summed E-state index contributed by atoms with van der Waals surface area (Å²) in [5.41, 5.74) is 0.565. The molecular weight excluding hydrogens is 364 g/mol. The maximum Gasteiger partial charge on any atom is 0.404 e. The van der Waals surface area contributed by atoms with Gasteiger partial charge < -0.3 is 20.4 Å². The molecule has 156 valence electrons. The second-order valence-electron chi connectivity index (χ2n) is 8.85.